The number of ether oxygens (including phenoxy) is 3. The van der Waals surface area contributed by atoms with Crippen LogP contribution >= 0.6 is 0 Å². The smallest absolute Gasteiger partial charge is 0.410 e. The lowest BCUT2D eigenvalue weighted by Gasteiger charge is -2.28. The fraction of sp³-hybridized carbons (Fsp3) is 0.590. The summed E-state index contributed by atoms with van der Waals surface area (Å²) in [4.78, 5) is 51.6. The molecule has 0 radical (unpaired) electrons. The molecule has 4 aliphatic carbocycles. The van der Waals surface area contributed by atoms with E-state index in [1.54, 1.807) is 17.0 Å². The SMILES string of the molecule is CC(C)(C)OC(=O)N(CC1CC1)[C@@H]1C[C@H]1c1ccc(F)c(C(=O)O)c1.COC(=O)c1cc([C@@H]2C[C@H]2N(CC2CC2)C(=O)OC(C)(C)C)ccc1F. The Balaban J connectivity index is 0.000000198. The fourth-order valence-electron chi connectivity index (χ4n) is 6.23. The van der Waals surface area contributed by atoms with Crippen molar-refractivity contribution in [3.63, 3.8) is 0 Å². The zero-order valence-electron chi connectivity index (χ0n) is 30.5. The molecule has 4 atom stereocenters. The summed E-state index contributed by atoms with van der Waals surface area (Å²) < 4.78 is 43.2. The van der Waals surface area contributed by atoms with Crippen LogP contribution in [0.4, 0.5) is 18.4 Å². The van der Waals surface area contributed by atoms with Crippen LogP contribution in [0.5, 0.6) is 0 Å². The van der Waals surface area contributed by atoms with E-state index in [0.717, 1.165) is 49.7 Å². The van der Waals surface area contributed by atoms with E-state index in [1.165, 1.54) is 31.4 Å². The largest absolute Gasteiger partial charge is 0.478 e. The first kappa shape index (κ1) is 38.0. The molecule has 0 heterocycles. The third-order valence-electron chi connectivity index (χ3n) is 9.35. The van der Waals surface area contributed by atoms with E-state index in [2.05, 4.69) is 4.74 Å². The topological polar surface area (TPSA) is 123 Å². The molecule has 10 nitrogen and oxygen atoms in total. The number of aromatic carboxylic acids is 1. The minimum absolute atomic E-state index is 0.0115. The van der Waals surface area contributed by atoms with Gasteiger partial charge in [0.1, 0.15) is 22.8 Å². The van der Waals surface area contributed by atoms with Gasteiger partial charge in [0.2, 0.25) is 0 Å². The lowest BCUT2D eigenvalue weighted by molar-refractivity contribution is 0.0210. The molecule has 0 unspecified atom stereocenters. The van der Waals surface area contributed by atoms with Gasteiger partial charge in [-0.05, 0) is 127 Å². The molecule has 0 aromatic heterocycles. The molecule has 2 amide bonds. The predicted octanol–water partition coefficient (Wildman–Crippen LogP) is 8.14. The van der Waals surface area contributed by atoms with Gasteiger partial charge < -0.3 is 29.1 Å². The zero-order valence-corrected chi connectivity index (χ0v) is 30.5. The zero-order chi connectivity index (χ0) is 37.4. The van der Waals surface area contributed by atoms with Gasteiger partial charge in [-0.3, -0.25) is 0 Å². The number of hydrogen-bond donors (Lipinski definition) is 1. The molecule has 0 bridgehead atoms. The van der Waals surface area contributed by atoms with Crippen LogP contribution in [0.1, 0.15) is 124 Å². The summed E-state index contributed by atoms with van der Waals surface area (Å²) in [7, 11) is 1.23. The molecule has 12 heteroatoms. The molecule has 0 saturated heterocycles. The molecule has 278 valence electrons. The van der Waals surface area contributed by atoms with Gasteiger partial charge in [-0.2, -0.15) is 0 Å². The van der Waals surface area contributed by atoms with Gasteiger partial charge >= 0.3 is 24.1 Å². The molecular formula is C39H50F2N2O8. The Hall–Kier alpha value is -4.22. The minimum Gasteiger partial charge on any atom is -0.478 e. The summed E-state index contributed by atoms with van der Waals surface area (Å²) in [5.74, 6) is -2.12. The Kier molecular flexibility index (Phi) is 11.0. The number of hydrogen-bond acceptors (Lipinski definition) is 7. The first-order valence-corrected chi connectivity index (χ1v) is 17.7. The van der Waals surface area contributed by atoms with E-state index in [1.807, 2.05) is 46.4 Å². The Morgan fingerprint density at radius 1 is 0.706 bits per heavy atom. The van der Waals surface area contributed by atoms with Gasteiger partial charge in [0.15, 0.2) is 0 Å². The summed E-state index contributed by atoms with van der Waals surface area (Å²) in [5, 5.41) is 9.09. The van der Waals surface area contributed by atoms with Crippen molar-refractivity contribution >= 4 is 24.1 Å². The normalized spacial score (nSPS) is 22.1. The van der Waals surface area contributed by atoms with Crippen molar-refractivity contribution in [1.29, 1.82) is 0 Å². The van der Waals surface area contributed by atoms with Crippen molar-refractivity contribution in [1.82, 2.24) is 9.80 Å². The minimum atomic E-state index is -1.28. The summed E-state index contributed by atoms with van der Waals surface area (Å²) >= 11 is 0. The van der Waals surface area contributed by atoms with Gasteiger partial charge in [-0.1, -0.05) is 12.1 Å². The molecule has 2 aromatic carbocycles. The highest BCUT2D eigenvalue weighted by Gasteiger charge is 2.49. The fourth-order valence-corrected chi connectivity index (χ4v) is 6.23. The van der Waals surface area contributed by atoms with Gasteiger partial charge in [-0.25, -0.2) is 28.0 Å². The van der Waals surface area contributed by atoms with Gasteiger partial charge in [0, 0.05) is 37.0 Å². The van der Waals surface area contributed by atoms with Gasteiger partial charge in [-0.15, -0.1) is 0 Å². The second-order valence-corrected chi connectivity index (χ2v) is 16.2. The quantitative estimate of drug-likeness (QED) is 0.194. The van der Waals surface area contributed by atoms with Crippen LogP contribution in [0.3, 0.4) is 0 Å². The number of esters is 1. The monoisotopic (exact) mass is 712 g/mol. The molecule has 4 saturated carbocycles. The molecule has 0 spiro atoms. The first-order chi connectivity index (χ1) is 23.8. The van der Waals surface area contributed by atoms with E-state index < -0.39 is 34.8 Å². The number of nitrogens with zero attached hydrogens (tertiary/aromatic N) is 2. The number of rotatable bonds is 10. The summed E-state index contributed by atoms with van der Waals surface area (Å²) in [6.07, 6.45) is 5.43. The number of carbonyl (C=O) groups is 4. The van der Waals surface area contributed by atoms with E-state index in [9.17, 15) is 28.0 Å². The number of carbonyl (C=O) groups excluding carboxylic acids is 3. The van der Waals surface area contributed by atoms with E-state index >= 15 is 0 Å². The van der Waals surface area contributed by atoms with Crippen LogP contribution in [-0.4, -0.2) is 82.5 Å². The maximum Gasteiger partial charge on any atom is 0.410 e. The lowest BCUT2D eigenvalue weighted by atomic mass is 10.1. The maximum absolute atomic E-state index is 13.9. The van der Waals surface area contributed by atoms with E-state index in [0.29, 0.717) is 24.9 Å². The van der Waals surface area contributed by atoms with Crippen molar-refractivity contribution in [2.75, 3.05) is 20.2 Å². The average molecular weight is 713 g/mol. The highest BCUT2D eigenvalue weighted by Crippen LogP contribution is 2.48. The molecule has 0 aliphatic heterocycles. The third kappa shape index (κ3) is 10.4. The van der Waals surface area contributed by atoms with E-state index in [4.69, 9.17) is 14.6 Å². The van der Waals surface area contributed by atoms with Gasteiger partial charge in [0.25, 0.3) is 0 Å². The number of halogens is 2. The Labute approximate surface area is 298 Å². The molecule has 4 fully saturated rings. The third-order valence-corrected chi connectivity index (χ3v) is 9.35. The Morgan fingerprint density at radius 2 is 1.10 bits per heavy atom. The van der Waals surface area contributed by atoms with Crippen molar-refractivity contribution in [3.05, 3.63) is 70.3 Å². The number of amides is 2. The van der Waals surface area contributed by atoms with Crippen LogP contribution in [0, 0.1) is 23.5 Å². The molecule has 51 heavy (non-hydrogen) atoms. The first-order valence-electron chi connectivity index (χ1n) is 17.7. The van der Waals surface area contributed by atoms with Gasteiger partial charge in [0.05, 0.1) is 18.2 Å². The Morgan fingerprint density at radius 3 is 1.45 bits per heavy atom. The number of methoxy groups -OCH3 is 1. The molecule has 2 aromatic rings. The maximum atomic E-state index is 13.9. The molecule has 1 N–H and O–H groups in total. The standard InChI is InChI=1S/C20H26FNO4.C19H24FNO4/c1-20(2,3)26-19(24)22(11-12-5-6-12)17-10-14(17)13-7-8-16(21)15(9-13)18(23)25-4;1-19(2,3)25-18(24)21(10-11-4-5-11)16-9-13(16)12-6-7-15(20)14(8-12)17(22)23/h7-9,12,14,17H,5-6,10-11H2,1-4H3;6-8,11,13,16H,4-5,9-10H2,1-3H3,(H,22,23)/t14-,17+;13-,16+/m00/s1. The van der Waals surface area contributed by atoms with Crippen molar-refractivity contribution in [2.24, 2.45) is 11.8 Å². The second-order valence-electron chi connectivity index (χ2n) is 16.2. The predicted molar refractivity (Wildman–Crippen MR) is 185 cm³/mol. The highest BCUT2D eigenvalue weighted by molar-refractivity contribution is 5.90. The van der Waals surface area contributed by atoms with Crippen molar-refractivity contribution in [2.45, 2.75) is 115 Å². The highest BCUT2D eigenvalue weighted by atomic mass is 19.1. The number of carboxylic acids is 1. The molecule has 6 rings (SSSR count). The van der Waals surface area contributed by atoms with Crippen LogP contribution in [0.2, 0.25) is 0 Å². The van der Waals surface area contributed by atoms with Crippen LogP contribution in [-0.2, 0) is 14.2 Å². The molecule has 4 aliphatic rings. The van der Waals surface area contributed by atoms with Crippen LogP contribution in [0.25, 0.3) is 0 Å². The van der Waals surface area contributed by atoms with Crippen molar-refractivity contribution < 1.29 is 47.3 Å². The number of benzene rings is 2. The Bertz CT molecular complexity index is 1640. The average Bonchev–Trinajstić information content (AvgIpc) is 3.84. The molecular weight excluding hydrogens is 662 g/mol. The summed E-state index contributed by atoms with van der Waals surface area (Å²) in [6, 6.07) is 8.70. The summed E-state index contributed by atoms with van der Waals surface area (Å²) in [6.45, 7) is 12.4. The number of carboxylic acid groups (broad SMARTS) is 1. The lowest BCUT2D eigenvalue weighted by Crippen LogP contribution is -2.40. The van der Waals surface area contributed by atoms with E-state index in [-0.39, 0.29) is 47.2 Å². The summed E-state index contributed by atoms with van der Waals surface area (Å²) in [5.41, 5.74) is 0.109. The van der Waals surface area contributed by atoms with Crippen LogP contribution < -0.4 is 0 Å². The van der Waals surface area contributed by atoms with Crippen LogP contribution in [0.15, 0.2) is 36.4 Å². The van der Waals surface area contributed by atoms with Crippen molar-refractivity contribution in [3.8, 4) is 0 Å². The second kappa shape index (κ2) is 14.8.